The molecule has 0 bridgehead atoms. The molecule has 11 aromatic carbocycles. The van der Waals surface area contributed by atoms with Gasteiger partial charge in [0.25, 0.3) is 0 Å². The first kappa shape index (κ1) is 38.5. The van der Waals surface area contributed by atoms with Gasteiger partial charge in [-0.3, -0.25) is 0 Å². The Bertz CT molecular complexity index is 3930. The molecule has 67 heavy (non-hydrogen) atoms. The normalized spacial score (nSPS) is 11.6. The molecule has 0 aliphatic carbocycles. The zero-order valence-electron chi connectivity index (χ0n) is 36.6. The van der Waals surface area contributed by atoms with E-state index in [2.05, 4.69) is 264 Å². The third-order valence-electron chi connectivity index (χ3n) is 13.4. The van der Waals surface area contributed by atoms with E-state index in [4.69, 9.17) is 4.42 Å². The first-order valence-corrected chi connectivity index (χ1v) is 22.9. The summed E-state index contributed by atoms with van der Waals surface area (Å²) < 4.78 is 9.48. The molecule has 0 aliphatic rings. The molecule has 0 spiro atoms. The summed E-state index contributed by atoms with van der Waals surface area (Å²) in [5, 5.41) is 8.23. The average molecular weight is 855 g/mol. The van der Waals surface area contributed by atoms with E-state index >= 15 is 0 Å². The quantitative estimate of drug-likeness (QED) is 0.142. The molecule has 314 valence electrons. The first-order valence-electron chi connectivity index (χ1n) is 22.9. The maximum atomic E-state index is 7.11. The second-order valence-corrected chi connectivity index (χ2v) is 17.2. The lowest BCUT2D eigenvalue weighted by molar-refractivity contribution is 0.636. The van der Waals surface area contributed by atoms with Crippen molar-refractivity contribution in [3.8, 4) is 50.4 Å². The molecule has 0 unspecified atom stereocenters. The van der Waals surface area contributed by atoms with Crippen LogP contribution in [-0.2, 0) is 0 Å². The summed E-state index contributed by atoms with van der Waals surface area (Å²) in [6.07, 6.45) is 0. The highest BCUT2D eigenvalue weighted by molar-refractivity contribution is 6.29. The molecule has 0 saturated heterocycles. The fraction of sp³-hybridized carbons (Fsp3) is 0. The van der Waals surface area contributed by atoms with E-state index in [1.54, 1.807) is 0 Å². The Morgan fingerprint density at radius 1 is 0.299 bits per heavy atom. The van der Waals surface area contributed by atoms with E-state index in [1.807, 2.05) is 0 Å². The number of nitrogens with zero attached hydrogens (tertiary/aromatic N) is 2. The second kappa shape index (κ2) is 16.0. The molecule has 0 fully saturated rings. The van der Waals surface area contributed by atoms with E-state index in [9.17, 15) is 0 Å². The van der Waals surface area contributed by atoms with Crippen molar-refractivity contribution in [2.45, 2.75) is 0 Å². The zero-order valence-corrected chi connectivity index (χ0v) is 36.6. The Balaban J connectivity index is 0.964. The maximum Gasteiger partial charge on any atom is 0.143 e. The molecule has 0 aliphatic heterocycles. The number of rotatable bonds is 8. The summed E-state index contributed by atoms with van der Waals surface area (Å²) in [5.74, 6) is 0.883. The lowest BCUT2D eigenvalue weighted by Gasteiger charge is -2.26. The van der Waals surface area contributed by atoms with Gasteiger partial charge in [-0.2, -0.15) is 0 Å². The molecule has 0 amide bonds. The van der Waals surface area contributed by atoms with E-state index in [0.717, 1.165) is 72.7 Å². The number of hydrogen-bond donors (Lipinski definition) is 0. The van der Waals surface area contributed by atoms with E-state index in [-0.39, 0.29) is 0 Å². The van der Waals surface area contributed by atoms with Crippen molar-refractivity contribution < 1.29 is 4.42 Å². The summed E-state index contributed by atoms with van der Waals surface area (Å²) in [5.41, 5.74) is 15.6. The Labute approximate surface area is 388 Å². The van der Waals surface area contributed by atoms with Gasteiger partial charge < -0.3 is 13.9 Å². The van der Waals surface area contributed by atoms with Crippen molar-refractivity contribution in [3.63, 3.8) is 0 Å². The van der Waals surface area contributed by atoms with Gasteiger partial charge in [-0.15, -0.1) is 0 Å². The number of anilines is 3. The molecule has 0 radical (unpaired) electrons. The molecular weight excluding hydrogens is 813 g/mol. The van der Waals surface area contributed by atoms with Crippen LogP contribution in [0.5, 0.6) is 0 Å². The van der Waals surface area contributed by atoms with E-state index < -0.39 is 0 Å². The Hall–Kier alpha value is -8.92. The van der Waals surface area contributed by atoms with Gasteiger partial charge in [0, 0.05) is 55.4 Å². The summed E-state index contributed by atoms with van der Waals surface area (Å²) in [6, 6.07) is 91.6. The predicted molar refractivity (Wildman–Crippen MR) is 282 cm³/mol. The van der Waals surface area contributed by atoms with Crippen LogP contribution in [0.2, 0.25) is 0 Å². The van der Waals surface area contributed by atoms with Crippen molar-refractivity contribution in [2.24, 2.45) is 0 Å². The van der Waals surface area contributed by atoms with Crippen molar-refractivity contribution in [3.05, 3.63) is 255 Å². The standard InChI is InChI=1S/C64H42N2O/c1-5-17-43(18-6-1)44-29-34-50(35-30-44)65(52-38-40-60-57(42-52)55-26-15-16-28-59(55)66(60)49-23-11-4-12-24-49)51-36-31-45(32-37-51)48-33-39-54-53-25-13-14-27-56(53)62-61(46-19-7-2-8-20-46)63(47-21-9-3-10-22-47)67-64(62)58(54)41-48/h1-42H. The van der Waals surface area contributed by atoms with Crippen molar-refractivity contribution in [2.75, 3.05) is 4.90 Å². The molecule has 0 atom stereocenters. The Morgan fingerprint density at radius 2 is 0.776 bits per heavy atom. The van der Waals surface area contributed by atoms with Crippen LogP contribution in [-0.4, -0.2) is 4.57 Å². The lowest BCUT2D eigenvalue weighted by atomic mass is 9.91. The lowest BCUT2D eigenvalue weighted by Crippen LogP contribution is -2.10. The highest BCUT2D eigenvalue weighted by Crippen LogP contribution is 2.48. The van der Waals surface area contributed by atoms with Crippen LogP contribution in [0.4, 0.5) is 17.1 Å². The van der Waals surface area contributed by atoms with Gasteiger partial charge in [0.05, 0.1) is 11.0 Å². The number of furan rings is 1. The molecule has 2 heterocycles. The molecular formula is C64H42N2O. The van der Waals surface area contributed by atoms with Crippen LogP contribution in [0.3, 0.4) is 0 Å². The number of para-hydroxylation sites is 2. The monoisotopic (exact) mass is 854 g/mol. The van der Waals surface area contributed by atoms with E-state index in [1.165, 1.54) is 49.1 Å². The van der Waals surface area contributed by atoms with Gasteiger partial charge in [-0.25, -0.2) is 0 Å². The predicted octanol–water partition coefficient (Wildman–Crippen LogP) is 18.0. The molecule has 0 saturated carbocycles. The van der Waals surface area contributed by atoms with Crippen LogP contribution in [0.15, 0.2) is 259 Å². The van der Waals surface area contributed by atoms with Crippen LogP contribution >= 0.6 is 0 Å². The number of hydrogen-bond acceptors (Lipinski definition) is 2. The topological polar surface area (TPSA) is 21.3 Å². The fourth-order valence-electron chi connectivity index (χ4n) is 10.3. The number of benzene rings is 11. The van der Waals surface area contributed by atoms with Gasteiger partial charge in [0.2, 0.25) is 0 Å². The van der Waals surface area contributed by atoms with Gasteiger partial charge >= 0.3 is 0 Å². The first-order chi connectivity index (χ1) is 33.2. The molecule has 13 rings (SSSR count). The van der Waals surface area contributed by atoms with Gasteiger partial charge in [-0.1, -0.05) is 188 Å². The summed E-state index contributed by atoms with van der Waals surface area (Å²) in [4.78, 5) is 2.38. The van der Waals surface area contributed by atoms with E-state index in [0.29, 0.717) is 0 Å². The minimum Gasteiger partial charge on any atom is -0.455 e. The minimum absolute atomic E-state index is 0.883. The molecule has 2 aromatic heterocycles. The van der Waals surface area contributed by atoms with Crippen LogP contribution in [0, 0.1) is 0 Å². The summed E-state index contributed by atoms with van der Waals surface area (Å²) in [6.45, 7) is 0. The zero-order chi connectivity index (χ0) is 44.3. The van der Waals surface area contributed by atoms with Crippen LogP contribution in [0.1, 0.15) is 0 Å². The van der Waals surface area contributed by atoms with Gasteiger partial charge in [0.15, 0.2) is 0 Å². The van der Waals surface area contributed by atoms with Gasteiger partial charge in [-0.05, 0) is 111 Å². The highest BCUT2D eigenvalue weighted by atomic mass is 16.3. The largest absolute Gasteiger partial charge is 0.455 e. The average Bonchev–Trinajstić information content (AvgIpc) is 3.98. The number of fused-ring (bicyclic) bond motifs is 9. The van der Waals surface area contributed by atoms with Crippen LogP contribution in [0.25, 0.3) is 105 Å². The van der Waals surface area contributed by atoms with Gasteiger partial charge in [0.1, 0.15) is 11.3 Å². The molecule has 3 nitrogen and oxygen atoms in total. The smallest absolute Gasteiger partial charge is 0.143 e. The molecule has 3 heteroatoms. The fourth-order valence-corrected chi connectivity index (χ4v) is 10.3. The minimum atomic E-state index is 0.883. The third-order valence-corrected chi connectivity index (χ3v) is 13.4. The SMILES string of the molecule is c1ccc(-c2ccc(N(c3ccc(-c4ccc5c6ccccc6c6c(-c7ccccc7)c(-c7ccccc7)oc6c5c4)cc3)c3ccc4c(c3)c3ccccc3n4-c3ccccc3)cc2)cc1. The third kappa shape index (κ3) is 6.51. The second-order valence-electron chi connectivity index (χ2n) is 17.2. The highest BCUT2D eigenvalue weighted by Gasteiger charge is 2.23. The van der Waals surface area contributed by atoms with Crippen molar-refractivity contribution >= 4 is 71.4 Å². The molecule has 0 N–H and O–H groups in total. The Morgan fingerprint density at radius 3 is 1.45 bits per heavy atom. The number of aromatic nitrogens is 1. The van der Waals surface area contributed by atoms with Crippen LogP contribution < -0.4 is 4.90 Å². The maximum absolute atomic E-state index is 7.11. The Kier molecular flexibility index (Phi) is 9.17. The summed E-state index contributed by atoms with van der Waals surface area (Å²) in [7, 11) is 0. The summed E-state index contributed by atoms with van der Waals surface area (Å²) >= 11 is 0. The van der Waals surface area contributed by atoms with Crippen molar-refractivity contribution in [1.29, 1.82) is 0 Å². The molecule has 13 aromatic rings. The van der Waals surface area contributed by atoms with Crippen molar-refractivity contribution in [1.82, 2.24) is 4.57 Å².